The van der Waals surface area contributed by atoms with Crippen LogP contribution < -0.4 is 15.5 Å². The summed E-state index contributed by atoms with van der Waals surface area (Å²) in [6, 6.07) is 6.16. The second kappa shape index (κ2) is 7.26. The molecule has 3 amide bonds. The summed E-state index contributed by atoms with van der Waals surface area (Å²) in [5, 5.41) is 5.47. The number of benzene rings is 1. The van der Waals surface area contributed by atoms with E-state index in [0.717, 1.165) is 6.42 Å². The Morgan fingerprint density at radius 3 is 2.70 bits per heavy atom. The summed E-state index contributed by atoms with van der Waals surface area (Å²) in [6.45, 7) is 6.27. The molecule has 0 fully saturated rings. The number of para-hydroxylation sites is 1. The van der Waals surface area contributed by atoms with Crippen molar-refractivity contribution in [2.45, 2.75) is 33.2 Å². The lowest BCUT2D eigenvalue weighted by molar-refractivity contribution is -0.124. The number of anilines is 1. The second-order valence-corrected chi connectivity index (χ2v) is 6.17. The highest BCUT2D eigenvalue weighted by Crippen LogP contribution is 2.23. The Bertz CT molecular complexity index is 613. The average Bonchev–Trinajstić information content (AvgIpc) is 2.58. The molecule has 0 aliphatic carbocycles. The number of carbonyl (C=O) groups excluding carboxylic acids is 3. The number of hydrogen-bond donors (Lipinski definition) is 2. The van der Waals surface area contributed by atoms with Crippen molar-refractivity contribution in [3.8, 4) is 0 Å². The first-order valence-electron chi connectivity index (χ1n) is 7.88. The normalized spacial score (nSPS) is 17.6. The minimum absolute atomic E-state index is 0.0900. The molecule has 1 atom stereocenters. The molecule has 1 aromatic carbocycles. The summed E-state index contributed by atoms with van der Waals surface area (Å²) >= 11 is 0. The Morgan fingerprint density at radius 1 is 1.30 bits per heavy atom. The molecular weight excluding hydrogens is 294 g/mol. The topological polar surface area (TPSA) is 78.5 Å². The van der Waals surface area contributed by atoms with Crippen LogP contribution >= 0.6 is 0 Å². The molecule has 1 heterocycles. The highest BCUT2D eigenvalue weighted by atomic mass is 16.2. The highest BCUT2D eigenvalue weighted by Gasteiger charge is 2.31. The quantitative estimate of drug-likeness (QED) is 0.859. The van der Waals surface area contributed by atoms with Crippen LogP contribution in [0.2, 0.25) is 0 Å². The van der Waals surface area contributed by atoms with Gasteiger partial charge < -0.3 is 15.5 Å². The van der Waals surface area contributed by atoms with Gasteiger partial charge in [0.05, 0.1) is 11.3 Å². The number of amides is 3. The summed E-state index contributed by atoms with van der Waals surface area (Å²) in [5.41, 5.74) is 0.874. The molecule has 0 unspecified atom stereocenters. The van der Waals surface area contributed by atoms with E-state index in [4.69, 9.17) is 0 Å². The van der Waals surface area contributed by atoms with E-state index in [1.807, 2.05) is 0 Å². The van der Waals surface area contributed by atoms with Crippen molar-refractivity contribution in [2.24, 2.45) is 5.92 Å². The zero-order valence-electron chi connectivity index (χ0n) is 13.8. The van der Waals surface area contributed by atoms with Crippen LogP contribution in [0, 0.1) is 5.92 Å². The van der Waals surface area contributed by atoms with E-state index in [1.54, 1.807) is 31.2 Å². The number of rotatable bonds is 5. The zero-order chi connectivity index (χ0) is 17.0. The van der Waals surface area contributed by atoms with Crippen molar-refractivity contribution >= 4 is 23.4 Å². The summed E-state index contributed by atoms with van der Waals surface area (Å²) in [6.07, 6.45) is 0.882. The molecule has 1 aromatic rings. The third kappa shape index (κ3) is 4.09. The maximum absolute atomic E-state index is 12.5. The minimum Gasteiger partial charge on any atom is -0.355 e. The van der Waals surface area contributed by atoms with Crippen molar-refractivity contribution in [2.75, 3.05) is 18.0 Å². The third-order valence-electron chi connectivity index (χ3n) is 3.77. The molecule has 23 heavy (non-hydrogen) atoms. The van der Waals surface area contributed by atoms with E-state index in [2.05, 4.69) is 24.5 Å². The SMILES string of the molecule is CC(C)CCNC(=O)CN1C(=O)[C@@H](C)NC(=O)c2ccccc21. The predicted molar refractivity (Wildman–Crippen MR) is 88.2 cm³/mol. The molecule has 0 saturated carbocycles. The third-order valence-corrected chi connectivity index (χ3v) is 3.77. The summed E-state index contributed by atoms with van der Waals surface area (Å²) in [7, 11) is 0. The van der Waals surface area contributed by atoms with Gasteiger partial charge >= 0.3 is 0 Å². The van der Waals surface area contributed by atoms with Gasteiger partial charge in [0.1, 0.15) is 12.6 Å². The van der Waals surface area contributed by atoms with Gasteiger partial charge in [0.25, 0.3) is 5.91 Å². The lowest BCUT2D eigenvalue weighted by atomic mass is 10.1. The van der Waals surface area contributed by atoms with Crippen molar-refractivity contribution in [3.63, 3.8) is 0 Å². The fourth-order valence-electron chi connectivity index (χ4n) is 2.45. The molecule has 0 aromatic heterocycles. The standard InChI is InChI=1S/C17H23N3O3/c1-11(2)8-9-18-15(21)10-20-14-7-5-4-6-13(14)16(22)19-12(3)17(20)23/h4-7,11-12H,8-10H2,1-3H3,(H,18,21)(H,19,22)/t12-/m1/s1. The Morgan fingerprint density at radius 2 is 2.00 bits per heavy atom. The molecule has 1 aliphatic rings. The molecule has 0 saturated heterocycles. The van der Waals surface area contributed by atoms with Crippen molar-refractivity contribution in [3.05, 3.63) is 29.8 Å². The van der Waals surface area contributed by atoms with Crippen molar-refractivity contribution in [1.29, 1.82) is 0 Å². The van der Waals surface area contributed by atoms with Crippen LogP contribution in [-0.4, -0.2) is 36.9 Å². The minimum atomic E-state index is -0.668. The van der Waals surface area contributed by atoms with Gasteiger partial charge in [-0.1, -0.05) is 26.0 Å². The maximum atomic E-state index is 12.5. The highest BCUT2D eigenvalue weighted by molar-refractivity contribution is 6.12. The number of nitrogens with zero attached hydrogens (tertiary/aromatic N) is 1. The van der Waals surface area contributed by atoms with Gasteiger partial charge in [-0.2, -0.15) is 0 Å². The zero-order valence-corrected chi connectivity index (χ0v) is 13.8. The second-order valence-electron chi connectivity index (χ2n) is 6.17. The first kappa shape index (κ1) is 17.0. The smallest absolute Gasteiger partial charge is 0.254 e. The fourth-order valence-corrected chi connectivity index (χ4v) is 2.45. The Hall–Kier alpha value is -2.37. The molecule has 2 N–H and O–H groups in total. The molecule has 124 valence electrons. The van der Waals surface area contributed by atoms with Gasteiger partial charge in [0.15, 0.2) is 0 Å². The molecule has 0 bridgehead atoms. The van der Waals surface area contributed by atoms with Gasteiger partial charge in [0.2, 0.25) is 11.8 Å². The first-order valence-corrected chi connectivity index (χ1v) is 7.88. The van der Waals surface area contributed by atoms with Crippen LogP contribution in [0.1, 0.15) is 37.6 Å². The van der Waals surface area contributed by atoms with Gasteiger partial charge in [0, 0.05) is 6.54 Å². The number of nitrogens with one attached hydrogen (secondary N) is 2. The van der Waals surface area contributed by atoms with E-state index >= 15 is 0 Å². The van der Waals surface area contributed by atoms with Gasteiger partial charge in [-0.25, -0.2) is 0 Å². The van der Waals surface area contributed by atoms with E-state index in [1.165, 1.54) is 4.90 Å². The summed E-state index contributed by atoms with van der Waals surface area (Å²) < 4.78 is 0. The average molecular weight is 317 g/mol. The van der Waals surface area contributed by atoms with Crippen molar-refractivity contribution in [1.82, 2.24) is 10.6 Å². The van der Waals surface area contributed by atoms with E-state index in [-0.39, 0.29) is 24.3 Å². The van der Waals surface area contributed by atoms with Crippen LogP contribution in [0.3, 0.4) is 0 Å². The van der Waals surface area contributed by atoms with Crippen LogP contribution in [-0.2, 0) is 9.59 Å². The molecule has 1 aliphatic heterocycles. The van der Waals surface area contributed by atoms with Crippen LogP contribution in [0.5, 0.6) is 0 Å². The number of carbonyl (C=O) groups is 3. The lowest BCUT2D eigenvalue weighted by Gasteiger charge is -2.23. The molecule has 0 spiro atoms. The summed E-state index contributed by atoms with van der Waals surface area (Å²) in [4.78, 5) is 38.2. The van der Waals surface area contributed by atoms with Crippen molar-refractivity contribution < 1.29 is 14.4 Å². The Kier molecular flexibility index (Phi) is 5.36. The monoisotopic (exact) mass is 317 g/mol. The fraction of sp³-hybridized carbons (Fsp3) is 0.471. The Labute approximate surface area is 136 Å². The van der Waals surface area contributed by atoms with Gasteiger partial charge in [-0.3, -0.25) is 14.4 Å². The molecule has 6 nitrogen and oxygen atoms in total. The number of hydrogen-bond acceptors (Lipinski definition) is 3. The van der Waals surface area contributed by atoms with Crippen LogP contribution in [0.15, 0.2) is 24.3 Å². The largest absolute Gasteiger partial charge is 0.355 e. The van der Waals surface area contributed by atoms with E-state index in [0.29, 0.717) is 23.7 Å². The first-order chi connectivity index (χ1) is 10.9. The predicted octanol–water partition coefficient (Wildman–Crippen LogP) is 1.31. The maximum Gasteiger partial charge on any atom is 0.254 e. The molecule has 6 heteroatoms. The van der Waals surface area contributed by atoms with E-state index < -0.39 is 6.04 Å². The van der Waals surface area contributed by atoms with Gasteiger partial charge in [-0.15, -0.1) is 0 Å². The van der Waals surface area contributed by atoms with E-state index in [9.17, 15) is 14.4 Å². The van der Waals surface area contributed by atoms with Gasteiger partial charge in [-0.05, 0) is 31.4 Å². The summed E-state index contributed by atoms with van der Waals surface area (Å²) in [5.74, 6) is -0.320. The van der Waals surface area contributed by atoms with Crippen LogP contribution in [0.4, 0.5) is 5.69 Å². The molecule has 2 rings (SSSR count). The number of fused-ring (bicyclic) bond motifs is 1. The molecular formula is C17H23N3O3. The Balaban J connectivity index is 2.17. The lowest BCUT2D eigenvalue weighted by Crippen LogP contribution is -2.47. The van der Waals surface area contributed by atoms with Crippen LogP contribution in [0.25, 0.3) is 0 Å². The molecule has 0 radical (unpaired) electrons.